The van der Waals surface area contributed by atoms with Gasteiger partial charge in [-0.15, -0.1) is 22.0 Å². The highest BCUT2D eigenvalue weighted by atomic mass is 35.5. The third-order valence-electron chi connectivity index (χ3n) is 3.57. The van der Waals surface area contributed by atoms with Crippen molar-refractivity contribution in [3.8, 4) is 0 Å². The maximum Gasteiger partial charge on any atom is 0.339 e. The van der Waals surface area contributed by atoms with Crippen molar-refractivity contribution in [1.29, 1.82) is 0 Å². The summed E-state index contributed by atoms with van der Waals surface area (Å²) in [7, 11) is 1.35. The van der Waals surface area contributed by atoms with Crippen LogP contribution in [0.1, 0.15) is 35.9 Å². The van der Waals surface area contributed by atoms with Gasteiger partial charge in [-0.05, 0) is 31.6 Å². The van der Waals surface area contributed by atoms with E-state index in [2.05, 4.69) is 17.1 Å². The lowest BCUT2D eigenvalue weighted by molar-refractivity contribution is 0.0600. The van der Waals surface area contributed by atoms with Crippen molar-refractivity contribution in [3.63, 3.8) is 0 Å². The first kappa shape index (κ1) is 13.7. The second-order valence-electron chi connectivity index (χ2n) is 4.97. The minimum atomic E-state index is -0.419. The fraction of sp³-hybridized carbons (Fsp3) is 0.462. The second kappa shape index (κ2) is 4.93. The lowest BCUT2D eigenvalue weighted by Gasteiger charge is -2.20. The molecule has 1 atom stereocenters. The molecule has 3 heterocycles. The van der Waals surface area contributed by atoms with E-state index in [1.54, 1.807) is 12.3 Å². The number of rotatable bonds is 2. The zero-order valence-corrected chi connectivity index (χ0v) is 12.8. The van der Waals surface area contributed by atoms with Crippen molar-refractivity contribution in [3.05, 3.63) is 28.7 Å². The summed E-state index contributed by atoms with van der Waals surface area (Å²) in [6, 6.07) is 1.56. The zero-order chi connectivity index (χ0) is 14.3. The van der Waals surface area contributed by atoms with Gasteiger partial charge in [0, 0.05) is 6.20 Å². The van der Waals surface area contributed by atoms with Gasteiger partial charge in [0.15, 0.2) is 11.5 Å². The van der Waals surface area contributed by atoms with Crippen molar-refractivity contribution in [2.45, 2.75) is 24.5 Å². The third kappa shape index (κ3) is 2.07. The monoisotopic (exact) mass is 311 g/mol. The van der Waals surface area contributed by atoms with Gasteiger partial charge in [0.05, 0.1) is 22.4 Å². The van der Waals surface area contributed by atoms with E-state index in [4.69, 9.17) is 16.3 Å². The molecule has 1 fully saturated rings. The molecule has 0 spiro atoms. The predicted molar refractivity (Wildman–Crippen MR) is 78.4 cm³/mol. The smallest absolute Gasteiger partial charge is 0.339 e. The molecule has 0 aliphatic carbocycles. The summed E-state index contributed by atoms with van der Waals surface area (Å²) in [5.74, 6) is 1.52. The van der Waals surface area contributed by atoms with Crippen LogP contribution in [0.4, 0.5) is 0 Å². The first-order chi connectivity index (χ1) is 9.55. The van der Waals surface area contributed by atoms with Gasteiger partial charge < -0.3 is 4.74 Å². The molecule has 20 heavy (non-hydrogen) atoms. The molecule has 3 rings (SSSR count). The van der Waals surface area contributed by atoms with Gasteiger partial charge >= 0.3 is 5.97 Å². The Kier molecular flexibility index (Phi) is 3.38. The number of carbonyl (C=O) groups excluding carboxylic acids is 1. The number of carbonyl (C=O) groups is 1. The molecule has 1 unspecified atom stereocenters. The first-order valence-corrected chi connectivity index (χ1v) is 7.68. The number of hydrogen-bond acceptors (Lipinski definition) is 5. The molecule has 0 bridgehead atoms. The molecule has 1 aliphatic rings. The Morgan fingerprint density at radius 2 is 2.35 bits per heavy atom. The number of nitrogens with zero attached hydrogens (tertiary/aromatic N) is 3. The quantitative estimate of drug-likeness (QED) is 0.798. The van der Waals surface area contributed by atoms with E-state index in [9.17, 15) is 4.79 Å². The molecule has 106 valence electrons. The van der Waals surface area contributed by atoms with Crippen molar-refractivity contribution in [2.75, 3.05) is 12.9 Å². The van der Waals surface area contributed by atoms with Crippen LogP contribution in [0, 0.1) is 0 Å². The largest absolute Gasteiger partial charge is 0.465 e. The van der Waals surface area contributed by atoms with Crippen molar-refractivity contribution < 1.29 is 9.53 Å². The molecule has 0 saturated carbocycles. The average molecular weight is 312 g/mol. The Hall–Kier alpha value is -1.27. The van der Waals surface area contributed by atoms with Crippen LogP contribution in [-0.4, -0.2) is 33.4 Å². The Bertz CT molecular complexity index is 680. The van der Waals surface area contributed by atoms with Gasteiger partial charge in [0.1, 0.15) is 0 Å². The normalized spacial score (nSPS) is 22.4. The van der Waals surface area contributed by atoms with Crippen LogP contribution in [0.3, 0.4) is 0 Å². The Labute approximate surface area is 125 Å². The van der Waals surface area contributed by atoms with Crippen LogP contribution in [0.5, 0.6) is 0 Å². The Morgan fingerprint density at radius 1 is 1.55 bits per heavy atom. The van der Waals surface area contributed by atoms with Crippen LogP contribution in [0.2, 0.25) is 5.02 Å². The highest BCUT2D eigenvalue weighted by molar-refractivity contribution is 8.00. The third-order valence-corrected chi connectivity index (χ3v) is 5.37. The molecule has 1 aliphatic heterocycles. The lowest BCUT2D eigenvalue weighted by atomic mass is 10.1. The number of fused-ring (bicyclic) bond motifs is 1. The van der Waals surface area contributed by atoms with Crippen LogP contribution in [-0.2, 0) is 9.48 Å². The highest BCUT2D eigenvalue weighted by Crippen LogP contribution is 2.45. The van der Waals surface area contributed by atoms with Crippen LogP contribution >= 0.6 is 23.4 Å². The maximum absolute atomic E-state index is 11.7. The minimum absolute atomic E-state index is 0.0858. The fourth-order valence-corrected chi connectivity index (χ4v) is 4.04. The first-order valence-electron chi connectivity index (χ1n) is 6.32. The van der Waals surface area contributed by atoms with E-state index < -0.39 is 5.97 Å². The summed E-state index contributed by atoms with van der Waals surface area (Å²) in [4.78, 5) is 11.7. The van der Waals surface area contributed by atoms with Crippen molar-refractivity contribution in [1.82, 2.24) is 14.6 Å². The molecule has 0 aromatic carbocycles. The molecule has 1 saturated heterocycles. The van der Waals surface area contributed by atoms with Crippen molar-refractivity contribution >= 4 is 35.0 Å². The predicted octanol–water partition coefficient (Wildman–Crippen LogP) is 2.91. The number of aromatic nitrogens is 3. The van der Waals surface area contributed by atoms with Crippen molar-refractivity contribution in [2.24, 2.45) is 0 Å². The fourth-order valence-electron chi connectivity index (χ4n) is 2.50. The Morgan fingerprint density at radius 3 is 3.00 bits per heavy atom. The molecule has 0 radical (unpaired) electrons. The van der Waals surface area contributed by atoms with Gasteiger partial charge in [-0.25, -0.2) is 4.79 Å². The number of halogens is 1. The molecule has 2 aromatic heterocycles. The summed E-state index contributed by atoms with van der Waals surface area (Å²) in [6.45, 7) is 2.15. The van der Waals surface area contributed by atoms with Crippen LogP contribution in [0.25, 0.3) is 5.65 Å². The van der Waals surface area contributed by atoms with E-state index in [1.165, 1.54) is 7.11 Å². The number of ether oxygens (including phenoxy) is 1. The minimum Gasteiger partial charge on any atom is -0.465 e. The number of esters is 1. The van der Waals surface area contributed by atoms with Crippen LogP contribution < -0.4 is 0 Å². The average Bonchev–Trinajstić information content (AvgIpc) is 3.05. The standard InChI is InChI=1S/C13H14ClN3O2S/c1-13(4-3-5-20-13)12-16-15-10-9(14)6-8(7-17(10)12)11(18)19-2/h6-7H,3-5H2,1-2H3. The summed E-state index contributed by atoms with van der Waals surface area (Å²) >= 11 is 8.05. The topological polar surface area (TPSA) is 56.5 Å². The summed E-state index contributed by atoms with van der Waals surface area (Å²) < 4.78 is 6.48. The molecule has 7 heteroatoms. The Balaban J connectivity index is 2.19. The van der Waals surface area contributed by atoms with E-state index >= 15 is 0 Å². The summed E-state index contributed by atoms with van der Waals surface area (Å²) in [5, 5.41) is 8.84. The van der Waals surface area contributed by atoms with E-state index in [1.807, 2.05) is 16.2 Å². The molecular formula is C13H14ClN3O2S. The zero-order valence-electron chi connectivity index (χ0n) is 11.2. The molecule has 2 aromatic rings. The SMILES string of the molecule is COC(=O)c1cc(Cl)c2nnc(C3(C)CCCS3)n2c1. The van der Waals surface area contributed by atoms with Crippen LogP contribution in [0.15, 0.2) is 12.3 Å². The second-order valence-corrected chi connectivity index (χ2v) is 6.97. The van der Waals surface area contributed by atoms with Gasteiger partial charge in [-0.3, -0.25) is 4.40 Å². The number of hydrogen-bond donors (Lipinski definition) is 0. The molecule has 5 nitrogen and oxygen atoms in total. The number of thioether (sulfide) groups is 1. The van der Waals surface area contributed by atoms with Gasteiger partial charge in [0.25, 0.3) is 0 Å². The van der Waals surface area contributed by atoms with Gasteiger partial charge in [0.2, 0.25) is 0 Å². The molecular weight excluding hydrogens is 298 g/mol. The maximum atomic E-state index is 11.7. The lowest BCUT2D eigenvalue weighted by Crippen LogP contribution is -2.17. The summed E-state index contributed by atoms with van der Waals surface area (Å²) in [6.07, 6.45) is 3.89. The van der Waals surface area contributed by atoms with E-state index in [-0.39, 0.29) is 4.75 Å². The number of methoxy groups -OCH3 is 1. The highest BCUT2D eigenvalue weighted by Gasteiger charge is 2.36. The van der Waals surface area contributed by atoms with E-state index in [0.717, 1.165) is 24.4 Å². The number of pyridine rings is 1. The summed E-state index contributed by atoms with van der Waals surface area (Å²) in [5.41, 5.74) is 0.973. The van der Waals surface area contributed by atoms with E-state index in [0.29, 0.717) is 16.2 Å². The molecule has 0 amide bonds. The molecule has 0 N–H and O–H groups in total. The van der Waals surface area contributed by atoms with Gasteiger partial charge in [-0.1, -0.05) is 11.6 Å². The van der Waals surface area contributed by atoms with Gasteiger partial charge in [-0.2, -0.15) is 0 Å².